The lowest BCUT2D eigenvalue weighted by Gasteiger charge is -1.98. The zero-order chi connectivity index (χ0) is 13.2. The first-order valence-corrected chi connectivity index (χ1v) is 7.36. The van der Waals surface area contributed by atoms with E-state index in [1.807, 2.05) is 0 Å². The maximum atomic E-state index is 11.6. The first kappa shape index (κ1) is 12.4. The van der Waals surface area contributed by atoms with Gasteiger partial charge in [-0.3, -0.25) is 4.79 Å². The molecule has 1 saturated heterocycles. The molecule has 0 amide bonds. The number of aryl methyl sites for hydroxylation is 1. The van der Waals surface area contributed by atoms with Crippen LogP contribution in [0.5, 0.6) is 0 Å². The van der Waals surface area contributed by atoms with E-state index in [2.05, 4.69) is 41.3 Å². The second-order valence-electron chi connectivity index (χ2n) is 4.75. The van der Waals surface area contributed by atoms with E-state index in [9.17, 15) is 4.79 Å². The summed E-state index contributed by atoms with van der Waals surface area (Å²) in [5, 5.41) is 3.97. The van der Waals surface area contributed by atoms with Crippen LogP contribution in [-0.2, 0) is 11.2 Å². The van der Waals surface area contributed by atoms with Crippen molar-refractivity contribution in [1.29, 1.82) is 0 Å². The van der Waals surface area contributed by atoms with E-state index in [0.29, 0.717) is 23.9 Å². The van der Waals surface area contributed by atoms with E-state index in [1.54, 1.807) is 11.8 Å². The summed E-state index contributed by atoms with van der Waals surface area (Å²) in [6.45, 7) is 2.06. The Morgan fingerprint density at radius 2 is 2.16 bits per heavy atom. The number of nitrogens with zero attached hydrogens (tertiary/aromatic N) is 2. The SMILES string of the molecule is Cc1ccc(Cc2noc(C3CSCC3=O)n2)cc1. The van der Waals surface area contributed by atoms with Gasteiger partial charge in [-0.2, -0.15) is 16.7 Å². The van der Waals surface area contributed by atoms with Gasteiger partial charge in [0.15, 0.2) is 11.6 Å². The van der Waals surface area contributed by atoms with E-state index < -0.39 is 0 Å². The molecule has 4 nitrogen and oxygen atoms in total. The lowest BCUT2D eigenvalue weighted by atomic mass is 10.1. The molecule has 3 rings (SSSR count). The molecular formula is C14H14N2O2S. The zero-order valence-electron chi connectivity index (χ0n) is 10.6. The Morgan fingerprint density at radius 3 is 2.84 bits per heavy atom. The highest BCUT2D eigenvalue weighted by atomic mass is 32.2. The minimum atomic E-state index is -0.204. The van der Waals surface area contributed by atoms with Gasteiger partial charge in [0.05, 0.1) is 5.75 Å². The van der Waals surface area contributed by atoms with Crippen LogP contribution in [0.15, 0.2) is 28.8 Å². The van der Waals surface area contributed by atoms with E-state index in [1.165, 1.54) is 5.56 Å². The first-order chi connectivity index (χ1) is 9.22. The number of aromatic nitrogens is 2. The third kappa shape index (κ3) is 2.71. The third-order valence-corrected chi connectivity index (χ3v) is 4.24. The molecule has 19 heavy (non-hydrogen) atoms. The van der Waals surface area contributed by atoms with Crippen molar-refractivity contribution in [3.63, 3.8) is 0 Å². The van der Waals surface area contributed by atoms with Crippen molar-refractivity contribution < 1.29 is 9.32 Å². The average molecular weight is 274 g/mol. The quantitative estimate of drug-likeness (QED) is 0.860. The fraction of sp³-hybridized carbons (Fsp3) is 0.357. The smallest absolute Gasteiger partial charge is 0.238 e. The largest absolute Gasteiger partial charge is 0.339 e. The molecule has 2 heterocycles. The number of carbonyl (C=O) groups excluding carboxylic acids is 1. The molecule has 1 aliphatic heterocycles. The first-order valence-electron chi connectivity index (χ1n) is 6.21. The Balaban J connectivity index is 1.74. The molecule has 0 aliphatic carbocycles. The minimum Gasteiger partial charge on any atom is -0.339 e. The Kier molecular flexibility index (Phi) is 3.38. The highest BCUT2D eigenvalue weighted by molar-refractivity contribution is 8.00. The van der Waals surface area contributed by atoms with E-state index in [-0.39, 0.29) is 11.7 Å². The fourth-order valence-electron chi connectivity index (χ4n) is 2.05. The van der Waals surface area contributed by atoms with Crippen LogP contribution in [0.25, 0.3) is 0 Å². The molecule has 0 N–H and O–H groups in total. The van der Waals surface area contributed by atoms with E-state index in [0.717, 1.165) is 11.3 Å². The van der Waals surface area contributed by atoms with Crippen LogP contribution in [0, 0.1) is 6.92 Å². The number of hydrogen-bond acceptors (Lipinski definition) is 5. The summed E-state index contributed by atoms with van der Waals surface area (Å²) in [6.07, 6.45) is 0.637. The molecule has 0 spiro atoms. The van der Waals surface area contributed by atoms with Gasteiger partial charge in [-0.15, -0.1) is 0 Å². The van der Waals surface area contributed by atoms with Gasteiger partial charge in [0.25, 0.3) is 0 Å². The predicted molar refractivity (Wildman–Crippen MR) is 73.4 cm³/mol. The van der Waals surface area contributed by atoms with E-state index in [4.69, 9.17) is 4.52 Å². The number of Topliss-reactive ketones (excluding diaryl/α,β-unsaturated/α-hetero) is 1. The molecule has 0 bridgehead atoms. The molecule has 1 aliphatic rings. The Bertz CT molecular complexity index is 592. The summed E-state index contributed by atoms with van der Waals surface area (Å²) in [5.41, 5.74) is 2.37. The number of hydrogen-bond donors (Lipinski definition) is 0. The van der Waals surface area contributed by atoms with Gasteiger partial charge in [-0.25, -0.2) is 0 Å². The van der Waals surface area contributed by atoms with Gasteiger partial charge in [-0.1, -0.05) is 35.0 Å². The molecule has 5 heteroatoms. The average Bonchev–Trinajstić information content (AvgIpc) is 3.01. The Hall–Kier alpha value is -1.62. The molecule has 0 radical (unpaired) electrons. The van der Waals surface area contributed by atoms with Gasteiger partial charge in [0.2, 0.25) is 5.89 Å². The predicted octanol–water partition coefficient (Wildman–Crippen LogP) is 2.37. The maximum absolute atomic E-state index is 11.6. The normalized spacial score (nSPS) is 19.0. The Labute approximate surface area is 115 Å². The van der Waals surface area contributed by atoms with Gasteiger partial charge in [0.1, 0.15) is 5.92 Å². The van der Waals surface area contributed by atoms with Gasteiger partial charge < -0.3 is 4.52 Å². The molecule has 98 valence electrons. The highest BCUT2D eigenvalue weighted by Gasteiger charge is 2.31. The van der Waals surface area contributed by atoms with Crippen LogP contribution < -0.4 is 0 Å². The van der Waals surface area contributed by atoms with Gasteiger partial charge in [-0.05, 0) is 12.5 Å². The van der Waals surface area contributed by atoms with Crippen LogP contribution in [-0.4, -0.2) is 27.4 Å². The molecule has 1 atom stereocenters. The molecule has 0 saturated carbocycles. The summed E-state index contributed by atoms with van der Waals surface area (Å²) >= 11 is 1.62. The van der Waals surface area contributed by atoms with Crippen LogP contribution in [0.3, 0.4) is 0 Å². The van der Waals surface area contributed by atoms with Crippen molar-refractivity contribution in [2.45, 2.75) is 19.3 Å². The minimum absolute atomic E-state index is 0.190. The van der Waals surface area contributed by atoms with Crippen LogP contribution in [0.4, 0.5) is 0 Å². The van der Waals surface area contributed by atoms with Crippen molar-refractivity contribution in [3.8, 4) is 0 Å². The molecule has 1 unspecified atom stereocenters. The van der Waals surface area contributed by atoms with E-state index >= 15 is 0 Å². The van der Waals surface area contributed by atoms with Crippen LogP contribution in [0.2, 0.25) is 0 Å². The maximum Gasteiger partial charge on any atom is 0.238 e. The number of benzene rings is 1. The topological polar surface area (TPSA) is 56.0 Å². The van der Waals surface area contributed by atoms with Gasteiger partial charge >= 0.3 is 0 Å². The lowest BCUT2D eigenvalue weighted by molar-refractivity contribution is -0.117. The van der Waals surface area contributed by atoms with Crippen molar-refractivity contribution in [2.75, 3.05) is 11.5 Å². The van der Waals surface area contributed by atoms with Gasteiger partial charge in [0, 0.05) is 12.2 Å². The fourth-order valence-corrected chi connectivity index (χ4v) is 3.13. The standard InChI is InChI=1S/C14H14N2O2S/c1-9-2-4-10(5-3-9)6-13-15-14(18-16-13)11-7-19-8-12(11)17/h2-5,11H,6-8H2,1H3. The van der Waals surface area contributed by atoms with Crippen molar-refractivity contribution in [2.24, 2.45) is 0 Å². The summed E-state index contributed by atoms with van der Waals surface area (Å²) < 4.78 is 5.22. The summed E-state index contributed by atoms with van der Waals surface area (Å²) in [5.74, 6) is 2.41. The van der Waals surface area contributed by atoms with Crippen molar-refractivity contribution >= 4 is 17.5 Å². The second kappa shape index (κ2) is 5.17. The van der Waals surface area contributed by atoms with Crippen LogP contribution in [0.1, 0.15) is 28.8 Å². The molecule has 1 aromatic heterocycles. The summed E-state index contributed by atoms with van der Waals surface area (Å²) in [4.78, 5) is 16.0. The number of rotatable bonds is 3. The highest BCUT2D eigenvalue weighted by Crippen LogP contribution is 2.28. The summed E-state index contributed by atoms with van der Waals surface area (Å²) in [6, 6.07) is 8.24. The summed E-state index contributed by atoms with van der Waals surface area (Å²) in [7, 11) is 0. The van der Waals surface area contributed by atoms with Crippen molar-refractivity contribution in [1.82, 2.24) is 10.1 Å². The monoisotopic (exact) mass is 274 g/mol. The van der Waals surface area contributed by atoms with Crippen molar-refractivity contribution in [3.05, 3.63) is 47.1 Å². The number of carbonyl (C=O) groups is 1. The molecule has 1 aromatic carbocycles. The zero-order valence-corrected chi connectivity index (χ0v) is 11.4. The third-order valence-electron chi connectivity index (χ3n) is 3.18. The number of ketones is 1. The number of thioether (sulfide) groups is 1. The van der Waals surface area contributed by atoms with Crippen LogP contribution >= 0.6 is 11.8 Å². The Morgan fingerprint density at radius 1 is 1.37 bits per heavy atom. The molecule has 2 aromatic rings. The molecular weight excluding hydrogens is 260 g/mol. The molecule has 1 fully saturated rings. The second-order valence-corrected chi connectivity index (χ2v) is 5.78. The lowest BCUT2D eigenvalue weighted by Crippen LogP contribution is -2.09.